The van der Waals surface area contributed by atoms with Crippen LogP contribution in [0.4, 0.5) is 0 Å². The van der Waals surface area contributed by atoms with Crippen molar-refractivity contribution >= 4 is 5.91 Å². The lowest BCUT2D eigenvalue weighted by Gasteiger charge is -2.11. The number of carbonyl (C=O) groups excluding carboxylic acids is 1. The molecule has 0 bridgehead atoms. The first-order valence-electron chi connectivity index (χ1n) is 5.68. The Morgan fingerprint density at radius 3 is 2.76 bits per heavy atom. The van der Waals surface area contributed by atoms with Crippen LogP contribution in [-0.4, -0.2) is 12.5 Å². The zero-order chi connectivity index (χ0) is 12.5. The van der Waals surface area contributed by atoms with Crippen LogP contribution in [0.15, 0.2) is 30.3 Å². The summed E-state index contributed by atoms with van der Waals surface area (Å²) >= 11 is 0. The molecule has 0 spiro atoms. The molecule has 1 amide bonds. The number of rotatable bonds is 6. The van der Waals surface area contributed by atoms with Crippen LogP contribution in [0.3, 0.4) is 0 Å². The summed E-state index contributed by atoms with van der Waals surface area (Å²) in [4.78, 5) is 11.4. The van der Waals surface area contributed by atoms with Crippen LogP contribution in [0.5, 0.6) is 0 Å². The molecule has 4 heteroatoms. The second-order valence-electron chi connectivity index (χ2n) is 3.81. The molecule has 0 fully saturated rings. The molecule has 90 valence electrons. The van der Waals surface area contributed by atoms with Crippen molar-refractivity contribution in [3.63, 3.8) is 0 Å². The summed E-state index contributed by atoms with van der Waals surface area (Å²) in [6, 6.07) is 11.6. The molecular weight excluding hydrogens is 214 g/mol. The van der Waals surface area contributed by atoms with E-state index in [4.69, 9.17) is 11.0 Å². The van der Waals surface area contributed by atoms with Crippen LogP contribution in [-0.2, 0) is 4.79 Å². The second kappa shape index (κ2) is 7.42. The summed E-state index contributed by atoms with van der Waals surface area (Å²) in [6.45, 7) is 0.413. The Balaban J connectivity index is 2.27. The monoisotopic (exact) mass is 231 g/mol. The number of nitrogens with one attached hydrogen (secondary N) is 1. The molecule has 0 heterocycles. The molecule has 1 rings (SSSR count). The highest BCUT2D eigenvalue weighted by Crippen LogP contribution is 2.14. The van der Waals surface area contributed by atoms with Gasteiger partial charge in [-0.25, -0.2) is 0 Å². The third kappa shape index (κ3) is 5.14. The van der Waals surface area contributed by atoms with E-state index in [1.165, 1.54) is 0 Å². The molecular formula is C13H17N3O. The van der Waals surface area contributed by atoms with Gasteiger partial charge in [0.15, 0.2) is 0 Å². The van der Waals surface area contributed by atoms with E-state index in [0.717, 1.165) is 5.56 Å². The van der Waals surface area contributed by atoms with Crippen LogP contribution < -0.4 is 11.1 Å². The molecule has 0 aromatic heterocycles. The van der Waals surface area contributed by atoms with Crippen molar-refractivity contribution in [2.24, 2.45) is 5.73 Å². The van der Waals surface area contributed by atoms with E-state index < -0.39 is 0 Å². The molecule has 1 atom stereocenters. The van der Waals surface area contributed by atoms with E-state index in [9.17, 15) is 4.79 Å². The Labute approximate surface area is 101 Å². The SMILES string of the molecule is N#CCCNC(=O)CCC(N)c1ccccc1. The Bertz CT molecular complexity index is 383. The van der Waals surface area contributed by atoms with Gasteiger partial charge in [0.25, 0.3) is 0 Å². The lowest BCUT2D eigenvalue weighted by molar-refractivity contribution is -0.121. The van der Waals surface area contributed by atoms with E-state index in [2.05, 4.69) is 5.32 Å². The summed E-state index contributed by atoms with van der Waals surface area (Å²) in [7, 11) is 0. The van der Waals surface area contributed by atoms with Gasteiger partial charge in [0, 0.05) is 19.0 Å². The lowest BCUT2D eigenvalue weighted by Crippen LogP contribution is -2.25. The van der Waals surface area contributed by atoms with E-state index >= 15 is 0 Å². The Morgan fingerprint density at radius 2 is 2.12 bits per heavy atom. The summed E-state index contributed by atoms with van der Waals surface area (Å²) in [5, 5.41) is 11.0. The minimum absolute atomic E-state index is 0.0494. The van der Waals surface area contributed by atoms with Crippen molar-refractivity contribution in [1.29, 1.82) is 5.26 Å². The maximum absolute atomic E-state index is 11.4. The highest BCUT2D eigenvalue weighted by Gasteiger charge is 2.08. The van der Waals surface area contributed by atoms with Gasteiger partial charge in [0.2, 0.25) is 5.91 Å². The maximum Gasteiger partial charge on any atom is 0.220 e. The largest absolute Gasteiger partial charge is 0.355 e. The van der Waals surface area contributed by atoms with Gasteiger partial charge in [-0.15, -0.1) is 0 Å². The number of nitrogens with two attached hydrogens (primary N) is 1. The molecule has 0 aliphatic rings. The third-order valence-corrected chi connectivity index (χ3v) is 2.47. The highest BCUT2D eigenvalue weighted by molar-refractivity contribution is 5.75. The Kier molecular flexibility index (Phi) is 5.76. The van der Waals surface area contributed by atoms with Gasteiger partial charge in [0.1, 0.15) is 0 Å². The molecule has 4 nitrogen and oxygen atoms in total. The third-order valence-electron chi connectivity index (χ3n) is 2.47. The van der Waals surface area contributed by atoms with Gasteiger partial charge < -0.3 is 11.1 Å². The van der Waals surface area contributed by atoms with Crippen molar-refractivity contribution in [1.82, 2.24) is 5.32 Å². The van der Waals surface area contributed by atoms with E-state index in [1.807, 2.05) is 36.4 Å². The molecule has 0 aliphatic carbocycles. The number of nitriles is 1. The van der Waals surface area contributed by atoms with Crippen molar-refractivity contribution < 1.29 is 4.79 Å². The van der Waals surface area contributed by atoms with Crippen LogP contribution in [0.1, 0.15) is 30.9 Å². The van der Waals surface area contributed by atoms with Crippen LogP contribution in [0.2, 0.25) is 0 Å². The highest BCUT2D eigenvalue weighted by atomic mass is 16.1. The van der Waals surface area contributed by atoms with Crippen molar-refractivity contribution in [2.45, 2.75) is 25.3 Å². The number of nitrogens with zero attached hydrogens (tertiary/aromatic N) is 1. The summed E-state index contributed by atoms with van der Waals surface area (Å²) in [6.07, 6.45) is 1.35. The summed E-state index contributed by atoms with van der Waals surface area (Å²) in [5.41, 5.74) is 7.00. The number of hydrogen-bond donors (Lipinski definition) is 2. The predicted octanol–water partition coefficient (Wildman–Crippen LogP) is 1.50. The quantitative estimate of drug-likeness (QED) is 0.728. The molecule has 0 saturated carbocycles. The van der Waals surface area contributed by atoms with Gasteiger partial charge in [-0.05, 0) is 12.0 Å². The molecule has 0 saturated heterocycles. The zero-order valence-corrected chi connectivity index (χ0v) is 9.73. The fraction of sp³-hybridized carbons (Fsp3) is 0.385. The van der Waals surface area contributed by atoms with Gasteiger partial charge in [-0.2, -0.15) is 5.26 Å². The number of amides is 1. The Hall–Kier alpha value is -1.86. The first kappa shape index (κ1) is 13.2. The second-order valence-corrected chi connectivity index (χ2v) is 3.81. The van der Waals surface area contributed by atoms with Gasteiger partial charge in [-0.1, -0.05) is 30.3 Å². The smallest absolute Gasteiger partial charge is 0.220 e. The molecule has 1 aromatic rings. The maximum atomic E-state index is 11.4. The average Bonchev–Trinajstić information content (AvgIpc) is 2.37. The first-order chi connectivity index (χ1) is 8.24. The van der Waals surface area contributed by atoms with Gasteiger partial charge >= 0.3 is 0 Å². The molecule has 3 N–H and O–H groups in total. The van der Waals surface area contributed by atoms with Gasteiger partial charge in [-0.3, -0.25) is 4.79 Å². The average molecular weight is 231 g/mol. The normalized spacial score (nSPS) is 11.5. The summed E-state index contributed by atoms with van der Waals surface area (Å²) < 4.78 is 0. The van der Waals surface area contributed by atoms with Crippen molar-refractivity contribution in [3.8, 4) is 6.07 Å². The minimum atomic E-state index is -0.113. The molecule has 1 unspecified atom stereocenters. The molecule has 1 aromatic carbocycles. The van der Waals surface area contributed by atoms with E-state index in [-0.39, 0.29) is 11.9 Å². The molecule has 17 heavy (non-hydrogen) atoms. The number of hydrogen-bond acceptors (Lipinski definition) is 3. The standard InChI is InChI=1S/C13H17N3O/c14-9-4-10-16-13(17)8-7-12(15)11-5-2-1-3-6-11/h1-3,5-6,12H,4,7-8,10,15H2,(H,16,17). The van der Waals surface area contributed by atoms with Crippen LogP contribution >= 0.6 is 0 Å². The number of carbonyl (C=O) groups is 1. The van der Waals surface area contributed by atoms with Crippen molar-refractivity contribution in [2.75, 3.05) is 6.54 Å². The lowest BCUT2D eigenvalue weighted by atomic mass is 10.0. The number of benzene rings is 1. The Morgan fingerprint density at radius 1 is 1.41 bits per heavy atom. The molecule has 0 radical (unpaired) electrons. The fourth-order valence-electron chi connectivity index (χ4n) is 1.50. The first-order valence-corrected chi connectivity index (χ1v) is 5.68. The minimum Gasteiger partial charge on any atom is -0.355 e. The predicted molar refractivity (Wildman–Crippen MR) is 65.8 cm³/mol. The van der Waals surface area contributed by atoms with Crippen LogP contribution in [0.25, 0.3) is 0 Å². The summed E-state index contributed by atoms with van der Waals surface area (Å²) in [5.74, 6) is -0.0494. The topological polar surface area (TPSA) is 78.9 Å². The molecule has 0 aliphatic heterocycles. The zero-order valence-electron chi connectivity index (χ0n) is 9.73. The van der Waals surface area contributed by atoms with Crippen LogP contribution in [0, 0.1) is 11.3 Å². The van der Waals surface area contributed by atoms with Gasteiger partial charge in [0.05, 0.1) is 12.5 Å². The van der Waals surface area contributed by atoms with Crippen molar-refractivity contribution in [3.05, 3.63) is 35.9 Å². The van der Waals surface area contributed by atoms with E-state index in [1.54, 1.807) is 0 Å². The van der Waals surface area contributed by atoms with E-state index in [0.29, 0.717) is 25.8 Å². The fourth-order valence-corrected chi connectivity index (χ4v) is 1.50.